The predicted octanol–water partition coefficient (Wildman–Crippen LogP) is 5.58. The summed E-state index contributed by atoms with van der Waals surface area (Å²) in [5.41, 5.74) is 4.44. The standard InChI is InChI=1S/C35H27NO3/c1-21-13-17-23(18-14-21)27-28(24-19-15-22(2)16-20-24)35(26-11-7-4-8-12-26)30-29(31(37)36-32(30)38)34(27,33(35)39)25-9-5-3-6-10-25/h3-20,29-30H,1-2H3,(H,36,37,38)/t29-,30-,34+,35+/m0/s1. The Morgan fingerprint density at radius 2 is 0.872 bits per heavy atom. The number of rotatable bonds is 4. The topological polar surface area (TPSA) is 63.2 Å². The van der Waals surface area contributed by atoms with E-state index in [2.05, 4.69) is 5.32 Å². The Labute approximate surface area is 227 Å². The molecule has 4 aromatic carbocycles. The molecule has 39 heavy (non-hydrogen) atoms. The van der Waals surface area contributed by atoms with E-state index < -0.39 is 22.7 Å². The van der Waals surface area contributed by atoms with Crippen LogP contribution in [0.3, 0.4) is 0 Å². The lowest BCUT2D eigenvalue weighted by Crippen LogP contribution is -2.44. The van der Waals surface area contributed by atoms with Gasteiger partial charge in [-0.1, -0.05) is 120 Å². The highest BCUT2D eigenvalue weighted by Gasteiger charge is 2.81. The largest absolute Gasteiger partial charge is 0.297 e. The van der Waals surface area contributed by atoms with Crippen molar-refractivity contribution in [1.29, 1.82) is 0 Å². The summed E-state index contributed by atoms with van der Waals surface area (Å²) in [6.45, 7) is 4.06. The lowest BCUT2D eigenvalue weighted by molar-refractivity contribution is -0.132. The number of aryl methyl sites for hydroxylation is 2. The van der Waals surface area contributed by atoms with Crippen molar-refractivity contribution in [2.24, 2.45) is 11.8 Å². The van der Waals surface area contributed by atoms with Gasteiger partial charge in [0.2, 0.25) is 11.8 Å². The Kier molecular flexibility index (Phi) is 4.96. The van der Waals surface area contributed by atoms with Crippen molar-refractivity contribution in [3.05, 3.63) is 143 Å². The Morgan fingerprint density at radius 3 is 1.23 bits per heavy atom. The van der Waals surface area contributed by atoms with Gasteiger partial charge in [-0.15, -0.1) is 0 Å². The van der Waals surface area contributed by atoms with Crippen molar-refractivity contribution in [3.63, 3.8) is 0 Å². The van der Waals surface area contributed by atoms with E-state index in [-0.39, 0.29) is 17.6 Å². The van der Waals surface area contributed by atoms with Crippen molar-refractivity contribution in [3.8, 4) is 0 Å². The number of imide groups is 1. The van der Waals surface area contributed by atoms with Crippen LogP contribution in [0.15, 0.2) is 109 Å². The zero-order chi connectivity index (χ0) is 26.9. The van der Waals surface area contributed by atoms with Gasteiger partial charge in [0.1, 0.15) is 0 Å². The van der Waals surface area contributed by atoms with Crippen LogP contribution < -0.4 is 5.32 Å². The third kappa shape index (κ3) is 2.86. The molecule has 0 aromatic heterocycles. The van der Waals surface area contributed by atoms with Crippen LogP contribution >= 0.6 is 0 Å². The molecule has 0 spiro atoms. The summed E-state index contributed by atoms with van der Waals surface area (Å²) < 4.78 is 0. The van der Waals surface area contributed by atoms with Gasteiger partial charge in [-0.3, -0.25) is 19.7 Å². The number of nitrogens with one attached hydrogen (secondary N) is 1. The molecule has 4 aromatic rings. The molecule has 1 saturated heterocycles. The Bertz CT molecular complexity index is 1560. The summed E-state index contributed by atoms with van der Waals surface area (Å²) in [5.74, 6) is -2.58. The average Bonchev–Trinajstić information content (AvgIpc) is 3.49. The van der Waals surface area contributed by atoms with Gasteiger partial charge in [-0.2, -0.15) is 0 Å². The van der Waals surface area contributed by atoms with Crippen LogP contribution in [0, 0.1) is 25.7 Å². The van der Waals surface area contributed by atoms with Gasteiger partial charge in [-0.25, -0.2) is 0 Å². The zero-order valence-corrected chi connectivity index (χ0v) is 21.8. The second kappa shape index (κ2) is 8.21. The Morgan fingerprint density at radius 1 is 0.513 bits per heavy atom. The number of fused-ring (bicyclic) bond motifs is 5. The molecule has 4 atom stereocenters. The number of carbonyl (C=O) groups is 3. The number of Topliss-reactive ketones (excluding diaryl/α,β-unsaturated/α-hetero) is 1. The van der Waals surface area contributed by atoms with Crippen molar-refractivity contribution >= 4 is 28.7 Å². The van der Waals surface area contributed by atoms with Crippen LogP contribution in [-0.2, 0) is 25.2 Å². The summed E-state index contributed by atoms with van der Waals surface area (Å²) in [6, 6.07) is 35.5. The molecule has 4 heteroatoms. The van der Waals surface area contributed by atoms with Crippen LogP contribution in [-0.4, -0.2) is 17.6 Å². The molecule has 2 amide bonds. The molecule has 2 aliphatic carbocycles. The first-order chi connectivity index (χ1) is 18.9. The maximum atomic E-state index is 15.4. The lowest BCUT2D eigenvalue weighted by Gasteiger charge is -2.39. The summed E-state index contributed by atoms with van der Waals surface area (Å²) in [6.07, 6.45) is 0. The second-order valence-electron chi connectivity index (χ2n) is 11.0. The molecular formula is C35H27NO3. The molecule has 2 fully saturated rings. The highest BCUT2D eigenvalue weighted by atomic mass is 16.2. The van der Waals surface area contributed by atoms with Crippen LogP contribution in [0.4, 0.5) is 0 Å². The summed E-state index contributed by atoms with van der Waals surface area (Å²) >= 11 is 0. The number of amides is 2. The molecule has 1 saturated carbocycles. The smallest absolute Gasteiger partial charge is 0.232 e. The molecule has 2 bridgehead atoms. The number of carbonyl (C=O) groups excluding carboxylic acids is 3. The molecule has 1 heterocycles. The third-order valence-corrected chi connectivity index (χ3v) is 8.97. The Balaban J connectivity index is 1.72. The van der Waals surface area contributed by atoms with Gasteiger partial charge in [0.25, 0.3) is 0 Å². The van der Waals surface area contributed by atoms with Crippen LogP contribution in [0.2, 0.25) is 0 Å². The minimum absolute atomic E-state index is 0.100. The van der Waals surface area contributed by atoms with E-state index in [9.17, 15) is 9.59 Å². The first-order valence-electron chi connectivity index (χ1n) is 13.3. The van der Waals surface area contributed by atoms with Gasteiger partial charge in [-0.05, 0) is 47.2 Å². The molecule has 3 aliphatic rings. The monoisotopic (exact) mass is 509 g/mol. The minimum atomic E-state index is -1.33. The zero-order valence-electron chi connectivity index (χ0n) is 21.8. The number of hydrogen-bond donors (Lipinski definition) is 1. The van der Waals surface area contributed by atoms with Crippen molar-refractivity contribution < 1.29 is 14.4 Å². The fourth-order valence-electron chi connectivity index (χ4n) is 7.50. The van der Waals surface area contributed by atoms with E-state index in [4.69, 9.17) is 0 Å². The molecular weight excluding hydrogens is 482 g/mol. The van der Waals surface area contributed by atoms with E-state index in [1.54, 1.807) is 0 Å². The van der Waals surface area contributed by atoms with Gasteiger partial charge in [0.15, 0.2) is 5.78 Å². The fraction of sp³-hybridized carbons (Fsp3) is 0.171. The van der Waals surface area contributed by atoms with Gasteiger partial charge >= 0.3 is 0 Å². The highest BCUT2D eigenvalue weighted by Crippen LogP contribution is 2.73. The first-order valence-corrected chi connectivity index (χ1v) is 13.3. The molecule has 190 valence electrons. The van der Waals surface area contributed by atoms with Crippen molar-refractivity contribution in [2.75, 3.05) is 0 Å². The van der Waals surface area contributed by atoms with Gasteiger partial charge in [0, 0.05) is 0 Å². The van der Waals surface area contributed by atoms with E-state index in [0.717, 1.165) is 44.5 Å². The third-order valence-electron chi connectivity index (χ3n) is 8.97. The number of ketones is 1. The van der Waals surface area contributed by atoms with Crippen molar-refractivity contribution in [1.82, 2.24) is 5.32 Å². The normalized spacial score (nSPS) is 27.2. The van der Waals surface area contributed by atoms with E-state index in [1.165, 1.54) is 0 Å². The molecule has 1 aliphatic heterocycles. The van der Waals surface area contributed by atoms with E-state index in [1.807, 2.05) is 123 Å². The quantitative estimate of drug-likeness (QED) is 0.366. The van der Waals surface area contributed by atoms with Crippen molar-refractivity contribution in [2.45, 2.75) is 24.7 Å². The maximum absolute atomic E-state index is 15.4. The molecule has 4 nitrogen and oxygen atoms in total. The molecule has 1 N–H and O–H groups in total. The molecule has 7 rings (SSSR count). The second-order valence-corrected chi connectivity index (χ2v) is 11.0. The number of hydrogen-bond acceptors (Lipinski definition) is 3. The van der Waals surface area contributed by atoms with Gasteiger partial charge < -0.3 is 0 Å². The maximum Gasteiger partial charge on any atom is 0.232 e. The average molecular weight is 510 g/mol. The van der Waals surface area contributed by atoms with Crippen LogP contribution in [0.25, 0.3) is 11.1 Å². The minimum Gasteiger partial charge on any atom is -0.297 e. The first kappa shape index (κ1) is 23.5. The number of allylic oxidation sites excluding steroid dienone is 2. The SMILES string of the molecule is Cc1ccc(C2=C(c3ccc(C)cc3)[C@@]3(c4ccccc4)C(=O)[C@@]2(c2ccccc2)[C@@H]2C(=O)NC(=O)[C@H]23)cc1. The van der Waals surface area contributed by atoms with Gasteiger partial charge in [0.05, 0.1) is 22.7 Å². The highest BCUT2D eigenvalue weighted by molar-refractivity contribution is 6.35. The molecule has 0 unspecified atom stereocenters. The predicted molar refractivity (Wildman–Crippen MR) is 151 cm³/mol. The van der Waals surface area contributed by atoms with E-state index in [0.29, 0.717) is 0 Å². The summed E-state index contributed by atoms with van der Waals surface area (Å²) in [7, 11) is 0. The summed E-state index contributed by atoms with van der Waals surface area (Å²) in [5, 5.41) is 2.63. The van der Waals surface area contributed by atoms with E-state index >= 15 is 4.79 Å². The molecule has 0 radical (unpaired) electrons. The summed E-state index contributed by atoms with van der Waals surface area (Å²) in [4.78, 5) is 43.0. The Hall–Kier alpha value is -4.57. The van der Waals surface area contributed by atoms with Crippen LogP contribution in [0.1, 0.15) is 33.4 Å². The lowest BCUT2D eigenvalue weighted by atomic mass is 9.59. The number of benzene rings is 4. The fourth-order valence-corrected chi connectivity index (χ4v) is 7.50. The van der Waals surface area contributed by atoms with Crippen LogP contribution in [0.5, 0.6) is 0 Å².